The van der Waals surface area contributed by atoms with Gasteiger partial charge in [0.05, 0.1) is 23.0 Å². The first-order valence-corrected chi connectivity index (χ1v) is 12.6. The van der Waals surface area contributed by atoms with Gasteiger partial charge in [0.15, 0.2) is 11.6 Å². The average molecular weight is 501 g/mol. The zero-order valence-corrected chi connectivity index (χ0v) is 19.5. The summed E-state index contributed by atoms with van der Waals surface area (Å²) in [7, 11) is -2.56. The molecule has 7 nitrogen and oxygen atoms in total. The van der Waals surface area contributed by atoms with E-state index in [4.69, 9.17) is 33.7 Å². The van der Waals surface area contributed by atoms with E-state index < -0.39 is 22.5 Å². The van der Waals surface area contributed by atoms with E-state index in [1.54, 1.807) is 30.1 Å². The van der Waals surface area contributed by atoms with Crippen LogP contribution in [0.5, 0.6) is 5.75 Å². The lowest BCUT2D eigenvalue weighted by Gasteiger charge is -2.39. The molecule has 172 valence electrons. The third-order valence-corrected chi connectivity index (χ3v) is 8.02. The van der Waals surface area contributed by atoms with Crippen LogP contribution in [0, 0.1) is 5.82 Å². The summed E-state index contributed by atoms with van der Waals surface area (Å²) in [6, 6.07) is 4.26. The van der Waals surface area contributed by atoms with Gasteiger partial charge in [0, 0.05) is 39.9 Å². The highest BCUT2D eigenvalue weighted by Crippen LogP contribution is 2.47. The summed E-state index contributed by atoms with van der Waals surface area (Å²) in [4.78, 5) is 4.21. The normalized spacial score (nSPS) is 20.0. The molecule has 1 aliphatic rings. The molecule has 1 aliphatic heterocycles. The molecule has 0 amide bonds. The van der Waals surface area contributed by atoms with Crippen LogP contribution in [0.25, 0.3) is 11.1 Å². The van der Waals surface area contributed by atoms with Gasteiger partial charge in [-0.3, -0.25) is 13.8 Å². The molecule has 4 rings (SSSR count). The molecule has 2 unspecified atom stereocenters. The first kappa shape index (κ1) is 23.1. The summed E-state index contributed by atoms with van der Waals surface area (Å²) in [5.41, 5.74) is 7.81. The van der Waals surface area contributed by atoms with Gasteiger partial charge in [0.1, 0.15) is 11.9 Å². The Morgan fingerprint density at radius 1 is 1.28 bits per heavy atom. The Labute approximate surface area is 196 Å². The van der Waals surface area contributed by atoms with Crippen LogP contribution in [-0.4, -0.2) is 35.4 Å². The molecule has 1 aromatic carbocycles. The van der Waals surface area contributed by atoms with Crippen LogP contribution < -0.4 is 10.5 Å². The number of nitrogens with two attached hydrogens (primary N) is 1. The summed E-state index contributed by atoms with van der Waals surface area (Å²) in [6.07, 6.45) is 6.02. The molecule has 0 bridgehead atoms. The SMILES string of the molecule is CC(Oc1cc(-c2cnn(C3CCCS(O)(O)C3)c2)cnc1N)c1c(Cl)ccc(F)c1Cl. The van der Waals surface area contributed by atoms with E-state index in [1.807, 2.05) is 6.20 Å². The number of rotatable bonds is 5. The number of nitrogen functional groups attached to an aromatic ring is 1. The van der Waals surface area contributed by atoms with Gasteiger partial charge >= 0.3 is 0 Å². The fourth-order valence-corrected chi connectivity index (χ4v) is 6.20. The number of anilines is 1. The molecule has 0 radical (unpaired) electrons. The van der Waals surface area contributed by atoms with Crippen molar-refractivity contribution >= 4 is 39.6 Å². The molecule has 0 spiro atoms. The first-order valence-electron chi connectivity index (χ1n) is 9.98. The van der Waals surface area contributed by atoms with E-state index in [1.165, 1.54) is 12.1 Å². The fraction of sp³-hybridized carbons (Fsp3) is 0.333. The monoisotopic (exact) mass is 500 g/mol. The van der Waals surface area contributed by atoms with E-state index in [2.05, 4.69) is 10.1 Å². The molecular formula is C21H23Cl2FN4O3S. The molecule has 0 saturated carbocycles. The molecule has 0 aliphatic carbocycles. The lowest BCUT2D eigenvalue weighted by molar-refractivity contribution is 0.227. The zero-order chi connectivity index (χ0) is 23.0. The highest BCUT2D eigenvalue weighted by molar-refractivity contribution is 8.24. The second kappa shape index (κ2) is 9.07. The van der Waals surface area contributed by atoms with Crippen molar-refractivity contribution in [1.82, 2.24) is 14.8 Å². The molecule has 2 aromatic heterocycles. The minimum atomic E-state index is -2.56. The van der Waals surface area contributed by atoms with Crippen LogP contribution in [0.3, 0.4) is 0 Å². The van der Waals surface area contributed by atoms with Crippen molar-refractivity contribution < 1.29 is 18.2 Å². The van der Waals surface area contributed by atoms with Gasteiger partial charge in [0.25, 0.3) is 0 Å². The maximum absolute atomic E-state index is 13.9. The highest BCUT2D eigenvalue weighted by Gasteiger charge is 2.27. The third kappa shape index (κ3) is 4.82. The molecule has 2 atom stereocenters. The number of halogens is 3. The van der Waals surface area contributed by atoms with E-state index in [9.17, 15) is 13.5 Å². The van der Waals surface area contributed by atoms with Crippen molar-refractivity contribution in [2.45, 2.75) is 31.9 Å². The number of hydrogen-bond donors (Lipinski definition) is 3. The number of nitrogens with zero attached hydrogens (tertiary/aromatic N) is 3. The van der Waals surface area contributed by atoms with Gasteiger partial charge in [0.2, 0.25) is 0 Å². The maximum atomic E-state index is 13.9. The Bertz CT molecular complexity index is 1140. The van der Waals surface area contributed by atoms with Gasteiger partial charge < -0.3 is 10.5 Å². The van der Waals surface area contributed by atoms with E-state index in [0.29, 0.717) is 28.4 Å². The lowest BCUT2D eigenvalue weighted by Crippen LogP contribution is -2.25. The predicted molar refractivity (Wildman–Crippen MR) is 126 cm³/mol. The summed E-state index contributed by atoms with van der Waals surface area (Å²) >= 11 is 12.3. The Hall–Kier alpha value is -2.04. The largest absolute Gasteiger partial charge is 0.482 e. The smallest absolute Gasteiger partial charge is 0.166 e. The highest BCUT2D eigenvalue weighted by atomic mass is 35.5. The maximum Gasteiger partial charge on any atom is 0.166 e. The van der Waals surface area contributed by atoms with Crippen LogP contribution >= 0.6 is 33.8 Å². The van der Waals surface area contributed by atoms with Crippen LogP contribution in [-0.2, 0) is 0 Å². The Morgan fingerprint density at radius 2 is 2.06 bits per heavy atom. The van der Waals surface area contributed by atoms with Gasteiger partial charge in [-0.1, -0.05) is 23.2 Å². The summed E-state index contributed by atoms with van der Waals surface area (Å²) in [5, 5.41) is 4.59. The average Bonchev–Trinajstić information content (AvgIpc) is 3.22. The first-order chi connectivity index (χ1) is 15.1. The number of benzene rings is 1. The van der Waals surface area contributed by atoms with Crippen LogP contribution in [0.2, 0.25) is 10.0 Å². The Morgan fingerprint density at radius 3 is 2.81 bits per heavy atom. The summed E-state index contributed by atoms with van der Waals surface area (Å²) in [6.45, 7) is 1.69. The lowest BCUT2D eigenvalue weighted by atomic mass is 10.1. The third-order valence-electron chi connectivity index (χ3n) is 5.45. The van der Waals surface area contributed by atoms with Gasteiger partial charge in [-0.05, 0) is 38.0 Å². The fourth-order valence-electron chi connectivity index (χ4n) is 3.79. The number of aromatic nitrogens is 3. The van der Waals surface area contributed by atoms with Crippen LogP contribution in [0.15, 0.2) is 36.8 Å². The van der Waals surface area contributed by atoms with E-state index >= 15 is 0 Å². The number of hydrogen-bond acceptors (Lipinski definition) is 6. The number of pyridine rings is 1. The van der Waals surface area contributed by atoms with Crippen molar-refractivity contribution in [1.29, 1.82) is 0 Å². The predicted octanol–water partition coefficient (Wildman–Crippen LogP) is 6.20. The number of ether oxygens (including phenoxy) is 1. The van der Waals surface area contributed by atoms with Crippen molar-refractivity contribution in [2.24, 2.45) is 0 Å². The van der Waals surface area contributed by atoms with Gasteiger partial charge in [-0.15, -0.1) is 0 Å². The van der Waals surface area contributed by atoms with Crippen LogP contribution in [0.4, 0.5) is 10.2 Å². The van der Waals surface area contributed by atoms with Gasteiger partial charge in [-0.25, -0.2) is 9.37 Å². The van der Waals surface area contributed by atoms with Crippen molar-refractivity contribution in [3.05, 3.63) is 58.2 Å². The topological polar surface area (TPSA) is 106 Å². The molecule has 1 saturated heterocycles. The van der Waals surface area contributed by atoms with Crippen LogP contribution in [0.1, 0.15) is 37.5 Å². The Balaban J connectivity index is 1.58. The minimum absolute atomic E-state index is 0.0720. The molecule has 11 heteroatoms. The molecular weight excluding hydrogens is 478 g/mol. The zero-order valence-electron chi connectivity index (χ0n) is 17.2. The molecule has 3 heterocycles. The van der Waals surface area contributed by atoms with Crippen molar-refractivity contribution in [2.75, 3.05) is 17.2 Å². The standard InChI is InChI=1S/C21H23Cl2FN4O3S/c1-12(19-16(22)4-5-17(24)20(19)23)31-18-7-13(8-26-21(18)25)14-9-27-28(10-14)15-3-2-6-32(29,30)11-15/h4-5,7-10,12,15,29-30H,2-3,6,11H2,1H3,(H2,25,26). The van der Waals surface area contributed by atoms with Gasteiger partial charge in [-0.2, -0.15) is 15.7 Å². The molecule has 1 fully saturated rings. The quantitative estimate of drug-likeness (QED) is 0.360. The second-order valence-corrected chi connectivity index (χ2v) is 10.9. The molecule has 4 N–H and O–H groups in total. The molecule has 3 aromatic rings. The van der Waals surface area contributed by atoms with Crippen molar-refractivity contribution in [3.8, 4) is 16.9 Å². The van der Waals surface area contributed by atoms with E-state index in [0.717, 1.165) is 18.4 Å². The summed E-state index contributed by atoms with van der Waals surface area (Å²) < 4.78 is 41.7. The van der Waals surface area contributed by atoms with E-state index in [-0.39, 0.29) is 21.9 Å². The Kier molecular flexibility index (Phi) is 6.56. The summed E-state index contributed by atoms with van der Waals surface area (Å²) in [5.74, 6) is 0.615. The molecule has 32 heavy (non-hydrogen) atoms. The van der Waals surface area contributed by atoms with Crippen molar-refractivity contribution in [3.63, 3.8) is 0 Å². The minimum Gasteiger partial charge on any atom is -0.482 e. The second-order valence-electron chi connectivity index (χ2n) is 7.80.